The van der Waals surface area contributed by atoms with E-state index in [-0.39, 0.29) is 0 Å². The lowest BCUT2D eigenvalue weighted by molar-refractivity contribution is 0.511. The summed E-state index contributed by atoms with van der Waals surface area (Å²) in [5.74, 6) is 1.16. The summed E-state index contributed by atoms with van der Waals surface area (Å²) < 4.78 is 3.39. The van der Waals surface area contributed by atoms with Gasteiger partial charge in [0.1, 0.15) is 6.54 Å². The Morgan fingerprint density at radius 3 is 2.88 bits per heavy atom. The van der Waals surface area contributed by atoms with Gasteiger partial charge in [-0.15, -0.1) is 10.2 Å². The highest BCUT2D eigenvalue weighted by molar-refractivity contribution is 5.19. The molecule has 0 aromatic carbocycles. The predicted octanol–water partition coefficient (Wildman–Crippen LogP) is -0.305. The number of rotatable bonds is 5. The number of nitrogens with two attached hydrogens (primary N) is 1. The van der Waals surface area contributed by atoms with Gasteiger partial charge in [-0.25, -0.2) is 9.36 Å². The van der Waals surface area contributed by atoms with Crippen molar-refractivity contribution in [3.8, 4) is 0 Å². The van der Waals surface area contributed by atoms with Crippen molar-refractivity contribution in [3.05, 3.63) is 12.0 Å². The molecular formula is C8H14N8. The van der Waals surface area contributed by atoms with Gasteiger partial charge < -0.3 is 5.73 Å². The van der Waals surface area contributed by atoms with E-state index in [1.165, 1.54) is 0 Å². The van der Waals surface area contributed by atoms with Crippen molar-refractivity contribution in [1.29, 1.82) is 0 Å². The summed E-state index contributed by atoms with van der Waals surface area (Å²) in [6.07, 6.45) is 3.81. The summed E-state index contributed by atoms with van der Waals surface area (Å²) in [4.78, 5) is 0. The molecule has 0 aliphatic heterocycles. The second-order valence-electron chi connectivity index (χ2n) is 3.51. The molecule has 2 aromatic rings. The summed E-state index contributed by atoms with van der Waals surface area (Å²) in [6, 6.07) is 0. The van der Waals surface area contributed by atoms with Crippen molar-refractivity contribution in [2.45, 2.75) is 32.9 Å². The molecule has 2 rings (SSSR count). The second-order valence-corrected chi connectivity index (χ2v) is 3.51. The maximum atomic E-state index is 5.47. The third-order valence-electron chi connectivity index (χ3n) is 2.19. The molecule has 0 bridgehead atoms. The van der Waals surface area contributed by atoms with Gasteiger partial charge in [0.05, 0.1) is 6.20 Å². The number of aryl methyl sites for hydroxylation is 1. The molecule has 0 atom stereocenters. The third kappa shape index (κ3) is 2.33. The normalized spacial score (nSPS) is 10.8. The van der Waals surface area contributed by atoms with E-state index >= 15 is 0 Å². The van der Waals surface area contributed by atoms with Crippen molar-refractivity contribution in [2.24, 2.45) is 0 Å². The Hall–Kier alpha value is -1.99. The van der Waals surface area contributed by atoms with Crippen LogP contribution in [0.15, 0.2) is 6.20 Å². The first-order chi connectivity index (χ1) is 7.79. The minimum atomic E-state index is 0.396. The average molecular weight is 222 g/mol. The summed E-state index contributed by atoms with van der Waals surface area (Å²) in [5, 5.41) is 19.1. The van der Waals surface area contributed by atoms with Gasteiger partial charge in [0.25, 0.3) is 0 Å². The number of aromatic nitrogens is 7. The molecule has 2 heterocycles. The van der Waals surface area contributed by atoms with Crippen molar-refractivity contribution in [1.82, 2.24) is 35.2 Å². The number of hydrogen-bond acceptors (Lipinski definition) is 6. The molecule has 0 saturated carbocycles. The minimum Gasteiger partial charge on any atom is -0.381 e. The van der Waals surface area contributed by atoms with Crippen LogP contribution in [0.25, 0.3) is 0 Å². The lowest BCUT2D eigenvalue weighted by Gasteiger charge is -2.02. The standard InChI is InChI=1S/C8H14N8/c1-2-3-4-16-8(11-12-14-16)6-15-5-7(9)10-13-15/h5H,2-4,6,9H2,1H3. The molecule has 8 heteroatoms. The van der Waals surface area contributed by atoms with Crippen LogP contribution in [0, 0.1) is 0 Å². The number of hydrogen-bond donors (Lipinski definition) is 1. The summed E-state index contributed by atoms with van der Waals surface area (Å²) >= 11 is 0. The van der Waals surface area contributed by atoms with E-state index in [1.54, 1.807) is 15.6 Å². The summed E-state index contributed by atoms with van der Waals surface area (Å²) in [7, 11) is 0. The molecule has 16 heavy (non-hydrogen) atoms. The van der Waals surface area contributed by atoms with Crippen molar-refractivity contribution >= 4 is 5.82 Å². The molecule has 0 spiro atoms. The Labute approximate surface area is 92.4 Å². The summed E-state index contributed by atoms with van der Waals surface area (Å²) in [5.41, 5.74) is 5.47. The molecule has 0 saturated heterocycles. The fourth-order valence-electron chi connectivity index (χ4n) is 1.35. The Morgan fingerprint density at radius 2 is 2.19 bits per heavy atom. The van der Waals surface area contributed by atoms with Crippen molar-refractivity contribution in [2.75, 3.05) is 5.73 Å². The first-order valence-corrected chi connectivity index (χ1v) is 5.20. The fourth-order valence-corrected chi connectivity index (χ4v) is 1.35. The zero-order valence-corrected chi connectivity index (χ0v) is 9.11. The smallest absolute Gasteiger partial charge is 0.172 e. The van der Waals surface area contributed by atoms with Crippen LogP contribution >= 0.6 is 0 Å². The Bertz CT molecular complexity index is 444. The van der Waals surface area contributed by atoms with Crippen LogP contribution < -0.4 is 5.73 Å². The molecule has 0 fully saturated rings. The molecule has 86 valence electrons. The first-order valence-electron chi connectivity index (χ1n) is 5.20. The molecule has 2 aromatic heterocycles. The van der Waals surface area contributed by atoms with Gasteiger partial charge in [0, 0.05) is 6.54 Å². The summed E-state index contributed by atoms with van der Waals surface area (Å²) in [6.45, 7) is 3.44. The van der Waals surface area contributed by atoms with Crippen LogP contribution in [0.1, 0.15) is 25.6 Å². The molecule has 0 aliphatic rings. The number of nitrogen functional groups attached to an aromatic ring is 1. The maximum absolute atomic E-state index is 5.47. The number of nitrogens with zero attached hydrogens (tertiary/aromatic N) is 7. The van der Waals surface area contributed by atoms with E-state index < -0.39 is 0 Å². The number of anilines is 1. The van der Waals surface area contributed by atoms with E-state index in [0.29, 0.717) is 12.4 Å². The second kappa shape index (κ2) is 4.69. The van der Waals surface area contributed by atoms with Gasteiger partial charge in [-0.1, -0.05) is 18.6 Å². The van der Waals surface area contributed by atoms with Crippen LogP contribution in [0.4, 0.5) is 5.82 Å². The zero-order valence-electron chi connectivity index (χ0n) is 9.11. The molecule has 0 amide bonds. The molecule has 2 N–H and O–H groups in total. The van der Waals surface area contributed by atoms with E-state index in [9.17, 15) is 0 Å². The van der Waals surface area contributed by atoms with Gasteiger partial charge in [-0.05, 0) is 16.8 Å². The largest absolute Gasteiger partial charge is 0.381 e. The van der Waals surface area contributed by atoms with Crippen LogP contribution in [0.2, 0.25) is 0 Å². The lowest BCUT2D eigenvalue weighted by atomic mass is 10.3. The predicted molar refractivity (Wildman–Crippen MR) is 56.3 cm³/mol. The Kier molecular flexibility index (Phi) is 3.08. The van der Waals surface area contributed by atoms with E-state index in [1.807, 2.05) is 0 Å². The maximum Gasteiger partial charge on any atom is 0.172 e. The molecule has 0 unspecified atom stereocenters. The molecular weight excluding hydrogens is 208 g/mol. The molecule has 8 nitrogen and oxygen atoms in total. The zero-order chi connectivity index (χ0) is 11.4. The fraction of sp³-hybridized carbons (Fsp3) is 0.625. The van der Waals surface area contributed by atoms with Gasteiger partial charge >= 0.3 is 0 Å². The Balaban J connectivity index is 2.06. The lowest BCUT2D eigenvalue weighted by Crippen LogP contribution is -2.10. The quantitative estimate of drug-likeness (QED) is 0.745. The third-order valence-corrected chi connectivity index (χ3v) is 2.19. The van der Waals surface area contributed by atoms with Gasteiger partial charge in [-0.2, -0.15) is 0 Å². The monoisotopic (exact) mass is 222 g/mol. The number of unbranched alkanes of at least 4 members (excludes halogenated alkanes) is 1. The van der Waals surface area contributed by atoms with Crippen LogP contribution in [0.5, 0.6) is 0 Å². The average Bonchev–Trinajstić information content (AvgIpc) is 2.86. The van der Waals surface area contributed by atoms with E-state index in [2.05, 4.69) is 32.8 Å². The SMILES string of the molecule is CCCCn1nnnc1Cn1cc(N)nn1. The Morgan fingerprint density at radius 1 is 1.31 bits per heavy atom. The van der Waals surface area contributed by atoms with Crippen LogP contribution in [0.3, 0.4) is 0 Å². The topological polar surface area (TPSA) is 100 Å². The van der Waals surface area contributed by atoms with Crippen molar-refractivity contribution in [3.63, 3.8) is 0 Å². The molecule has 0 aliphatic carbocycles. The highest BCUT2D eigenvalue weighted by atomic mass is 15.6. The number of tetrazole rings is 1. The van der Waals surface area contributed by atoms with Crippen LogP contribution in [-0.4, -0.2) is 35.2 Å². The van der Waals surface area contributed by atoms with Gasteiger partial charge in [0.2, 0.25) is 0 Å². The first kappa shape index (κ1) is 10.5. The minimum absolute atomic E-state index is 0.396. The van der Waals surface area contributed by atoms with E-state index in [0.717, 1.165) is 25.2 Å². The highest BCUT2D eigenvalue weighted by Crippen LogP contribution is 2.00. The highest BCUT2D eigenvalue weighted by Gasteiger charge is 2.07. The van der Waals surface area contributed by atoms with Crippen molar-refractivity contribution < 1.29 is 0 Å². The van der Waals surface area contributed by atoms with Crippen LogP contribution in [-0.2, 0) is 13.1 Å². The van der Waals surface area contributed by atoms with E-state index in [4.69, 9.17) is 5.73 Å². The molecule has 0 radical (unpaired) electrons. The van der Waals surface area contributed by atoms with Gasteiger partial charge in [-0.3, -0.25) is 0 Å². The van der Waals surface area contributed by atoms with Gasteiger partial charge in [0.15, 0.2) is 11.6 Å².